The third-order valence-corrected chi connectivity index (χ3v) is 4.39. The molecule has 6 heteroatoms. The number of carboxylic acid groups (broad SMARTS) is 1. The second kappa shape index (κ2) is 5.58. The summed E-state index contributed by atoms with van der Waals surface area (Å²) in [5.41, 5.74) is 0.435. The summed E-state index contributed by atoms with van der Waals surface area (Å²) in [7, 11) is 0. The number of rotatable bonds is 4. The number of carboxylic acids is 1. The van der Waals surface area contributed by atoms with Crippen LogP contribution in [0.2, 0.25) is 0 Å². The summed E-state index contributed by atoms with van der Waals surface area (Å²) in [6.45, 7) is 0. The van der Waals surface area contributed by atoms with Crippen molar-refractivity contribution in [2.75, 3.05) is 0 Å². The minimum atomic E-state index is -0.859. The highest BCUT2D eigenvalue weighted by Crippen LogP contribution is 2.33. The Bertz CT molecular complexity index is 585. The Kier molecular flexibility index (Phi) is 4.08. The van der Waals surface area contributed by atoms with Gasteiger partial charge in [-0.25, -0.2) is 9.37 Å². The van der Waals surface area contributed by atoms with Crippen LogP contribution in [0.15, 0.2) is 28.9 Å². The lowest BCUT2D eigenvalue weighted by atomic mass is 10.2. The van der Waals surface area contributed by atoms with Crippen molar-refractivity contribution in [3.63, 3.8) is 0 Å². The van der Waals surface area contributed by atoms with E-state index in [9.17, 15) is 9.18 Å². The molecule has 1 N–H and O–H groups in total. The van der Waals surface area contributed by atoms with Crippen molar-refractivity contribution in [3.05, 3.63) is 39.6 Å². The van der Waals surface area contributed by atoms with Gasteiger partial charge in [-0.3, -0.25) is 4.79 Å². The lowest BCUT2D eigenvalue weighted by Crippen LogP contribution is -1.96. The monoisotopic (exact) mass is 329 g/mol. The molecule has 0 radical (unpaired) electrons. The van der Waals surface area contributed by atoms with Crippen LogP contribution < -0.4 is 0 Å². The average molecular weight is 330 g/mol. The van der Waals surface area contributed by atoms with Gasteiger partial charge in [0.15, 0.2) is 0 Å². The maximum atomic E-state index is 13.6. The predicted octanol–water partition coefficient (Wildman–Crippen LogP) is 3.73. The highest BCUT2D eigenvalue weighted by Gasteiger charge is 2.14. The molecule has 0 unspecified atom stereocenters. The number of aryl methyl sites for hydroxylation is 1. The maximum Gasteiger partial charge on any atom is 0.303 e. The lowest BCUT2D eigenvalue weighted by molar-refractivity contribution is -0.136. The van der Waals surface area contributed by atoms with Gasteiger partial charge in [0.05, 0.1) is 6.42 Å². The van der Waals surface area contributed by atoms with Crippen molar-refractivity contribution in [2.24, 2.45) is 0 Å². The number of aromatic nitrogens is 1. The number of nitrogens with zero attached hydrogens (tertiary/aromatic N) is 1. The van der Waals surface area contributed by atoms with Gasteiger partial charge in [0.1, 0.15) is 15.4 Å². The molecule has 3 nitrogen and oxygen atoms in total. The van der Waals surface area contributed by atoms with Crippen LogP contribution in [0.3, 0.4) is 0 Å². The molecule has 0 amide bonds. The van der Waals surface area contributed by atoms with E-state index in [0.717, 1.165) is 4.88 Å². The van der Waals surface area contributed by atoms with E-state index in [-0.39, 0.29) is 12.2 Å². The molecule has 0 spiro atoms. The zero-order chi connectivity index (χ0) is 13.1. The Hall–Kier alpha value is -1.27. The van der Waals surface area contributed by atoms with E-state index in [1.807, 2.05) is 0 Å². The van der Waals surface area contributed by atoms with Gasteiger partial charge in [-0.2, -0.15) is 0 Å². The summed E-state index contributed by atoms with van der Waals surface area (Å²) in [6, 6.07) is 6.39. The van der Waals surface area contributed by atoms with Crippen LogP contribution in [-0.2, 0) is 11.2 Å². The number of benzene rings is 1. The second-order valence-corrected chi connectivity index (χ2v) is 5.44. The molecule has 0 aliphatic heterocycles. The topological polar surface area (TPSA) is 50.2 Å². The molecule has 1 aromatic heterocycles. The van der Waals surface area contributed by atoms with E-state index in [1.54, 1.807) is 18.2 Å². The number of hydrogen-bond donors (Lipinski definition) is 1. The fraction of sp³-hybridized carbons (Fsp3) is 0.167. The van der Waals surface area contributed by atoms with E-state index in [1.165, 1.54) is 17.4 Å². The third kappa shape index (κ3) is 2.94. The Labute approximate surface area is 115 Å². The first-order valence-corrected chi connectivity index (χ1v) is 6.81. The van der Waals surface area contributed by atoms with Crippen molar-refractivity contribution < 1.29 is 14.3 Å². The summed E-state index contributed by atoms with van der Waals surface area (Å²) in [5, 5.41) is 9.20. The molecular weight excluding hydrogens is 321 g/mol. The van der Waals surface area contributed by atoms with Gasteiger partial charge >= 0.3 is 5.97 Å². The quantitative estimate of drug-likeness (QED) is 0.929. The number of halogens is 2. The van der Waals surface area contributed by atoms with Gasteiger partial charge in [0.25, 0.3) is 0 Å². The fourth-order valence-corrected chi connectivity index (χ4v) is 3.17. The van der Waals surface area contributed by atoms with Crippen molar-refractivity contribution in [1.29, 1.82) is 0 Å². The van der Waals surface area contributed by atoms with E-state index >= 15 is 0 Å². The summed E-state index contributed by atoms with van der Waals surface area (Å²) in [6.07, 6.45) is 0.430. The van der Waals surface area contributed by atoms with Gasteiger partial charge in [0.2, 0.25) is 0 Å². The van der Waals surface area contributed by atoms with Crippen LogP contribution >= 0.6 is 27.3 Å². The minimum Gasteiger partial charge on any atom is -0.481 e. The summed E-state index contributed by atoms with van der Waals surface area (Å²) < 4.78 is 14.2. The smallest absolute Gasteiger partial charge is 0.303 e. The zero-order valence-corrected chi connectivity index (χ0v) is 11.6. The summed E-state index contributed by atoms with van der Waals surface area (Å²) >= 11 is 4.58. The van der Waals surface area contributed by atoms with Crippen LogP contribution in [-0.4, -0.2) is 16.1 Å². The molecule has 1 heterocycles. The predicted molar refractivity (Wildman–Crippen MR) is 71.2 cm³/mol. The minimum absolute atomic E-state index is 0.0392. The third-order valence-electron chi connectivity index (χ3n) is 2.32. The van der Waals surface area contributed by atoms with Gasteiger partial charge in [-0.05, 0) is 34.5 Å². The van der Waals surface area contributed by atoms with Crippen LogP contribution in [0.25, 0.3) is 10.6 Å². The van der Waals surface area contributed by atoms with Gasteiger partial charge in [-0.15, -0.1) is 11.3 Å². The summed E-state index contributed by atoms with van der Waals surface area (Å²) in [5.74, 6) is -1.19. The van der Waals surface area contributed by atoms with E-state index in [2.05, 4.69) is 20.9 Å². The standard InChI is InChI=1S/C12H9BrFNO2S/c13-11-9(5-6-10(16)17)18-12(15-11)7-3-1-2-4-8(7)14/h1-4H,5-6H2,(H,16,17). The molecule has 0 aliphatic carbocycles. The van der Waals surface area contributed by atoms with Gasteiger partial charge in [0, 0.05) is 10.4 Å². The highest BCUT2D eigenvalue weighted by molar-refractivity contribution is 9.10. The van der Waals surface area contributed by atoms with Crippen molar-refractivity contribution >= 4 is 33.2 Å². The van der Waals surface area contributed by atoms with Gasteiger partial charge in [-0.1, -0.05) is 12.1 Å². The molecule has 94 valence electrons. The SMILES string of the molecule is O=C(O)CCc1sc(-c2ccccc2F)nc1Br. The lowest BCUT2D eigenvalue weighted by Gasteiger charge is -1.96. The van der Waals surface area contributed by atoms with Gasteiger partial charge < -0.3 is 5.11 Å². The van der Waals surface area contributed by atoms with Crippen molar-refractivity contribution in [3.8, 4) is 10.6 Å². The largest absolute Gasteiger partial charge is 0.481 e. The second-order valence-electron chi connectivity index (χ2n) is 3.61. The van der Waals surface area contributed by atoms with Crippen LogP contribution in [0.4, 0.5) is 4.39 Å². The first kappa shape index (κ1) is 13.2. The van der Waals surface area contributed by atoms with E-state index in [0.29, 0.717) is 21.6 Å². The average Bonchev–Trinajstić information content (AvgIpc) is 2.68. The Morgan fingerprint density at radius 2 is 2.17 bits per heavy atom. The first-order valence-electron chi connectivity index (χ1n) is 5.20. The molecule has 0 aliphatic rings. The molecular formula is C12H9BrFNO2S. The number of carbonyl (C=O) groups is 1. The molecule has 0 bridgehead atoms. The molecule has 1 aromatic carbocycles. The Morgan fingerprint density at radius 3 is 2.83 bits per heavy atom. The zero-order valence-electron chi connectivity index (χ0n) is 9.19. The van der Waals surface area contributed by atoms with Crippen LogP contribution in [0, 0.1) is 5.82 Å². The number of aliphatic carboxylic acids is 1. The van der Waals surface area contributed by atoms with Crippen LogP contribution in [0.5, 0.6) is 0 Å². The van der Waals surface area contributed by atoms with Crippen LogP contribution in [0.1, 0.15) is 11.3 Å². The molecule has 18 heavy (non-hydrogen) atoms. The van der Waals surface area contributed by atoms with Crippen molar-refractivity contribution in [2.45, 2.75) is 12.8 Å². The molecule has 0 atom stereocenters. The number of hydrogen-bond acceptors (Lipinski definition) is 3. The fourth-order valence-electron chi connectivity index (χ4n) is 1.46. The first-order chi connectivity index (χ1) is 8.58. The molecule has 0 fully saturated rings. The molecule has 0 saturated carbocycles. The van der Waals surface area contributed by atoms with Crippen molar-refractivity contribution in [1.82, 2.24) is 4.98 Å². The summed E-state index contributed by atoms with van der Waals surface area (Å²) in [4.78, 5) is 15.6. The van der Waals surface area contributed by atoms with E-state index < -0.39 is 5.97 Å². The molecule has 2 rings (SSSR count). The number of thiazole rings is 1. The maximum absolute atomic E-state index is 13.6. The molecule has 0 saturated heterocycles. The normalized spacial score (nSPS) is 10.6. The Balaban J connectivity index is 2.29. The highest BCUT2D eigenvalue weighted by atomic mass is 79.9. The molecule has 2 aromatic rings. The Morgan fingerprint density at radius 1 is 1.44 bits per heavy atom. The van der Waals surface area contributed by atoms with E-state index in [4.69, 9.17) is 5.11 Å².